The van der Waals surface area contributed by atoms with Crippen LogP contribution < -0.4 is 0 Å². The van der Waals surface area contributed by atoms with E-state index in [1.54, 1.807) is 13.8 Å². The second kappa shape index (κ2) is 8.85. The van der Waals surface area contributed by atoms with Crippen LogP contribution in [0.1, 0.15) is 31.1 Å². The average Bonchev–Trinajstić information content (AvgIpc) is 2.49. The van der Waals surface area contributed by atoms with Crippen molar-refractivity contribution in [3.05, 3.63) is 29.3 Å². The van der Waals surface area contributed by atoms with E-state index in [9.17, 15) is 23.2 Å². The minimum atomic E-state index is -1.49. The number of rotatable bonds is 7. The van der Waals surface area contributed by atoms with Crippen molar-refractivity contribution in [1.29, 1.82) is 0 Å². The predicted octanol–water partition coefficient (Wildman–Crippen LogP) is 2.61. The van der Waals surface area contributed by atoms with Crippen LogP contribution in [0.2, 0.25) is 0 Å². The van der Waals surface area contributed by atoms with Crippen LogP contribution in [-0.4, -0.2) is 37.2 Å². The van der Waals surface area contributed by atoms with E-state index in [-0.39, 0.29) is 18.9 Å². The highest BCUT2D eigenvalue weighted by molar-refractivity contribution is 6.09. The molecule has 0 fully saturated rings. The fourth-order valence-corrected chi connectivity index (χ4v) is 1.80. The van der Waals surface area contributed by atoms with Gasteiger partial charge in [-0.3, -0.25) is 19.4 Å². The molecule has 24 heavy (non-hydrogen) atoms. The van der Waals surface area contributed by atoms with Crippen LogP contribution in [0.15, 0.2) is 17.1 Å². The van der Waals surface area contributed by atoms with Crippen molar-refractivity contribution in [3.63, 3.8) is 0 Å². The summed E-state index contributed by atoms with van der Waals surface area (Å²) >= 11 is 0. The third kappa shape index (κ3) is 4.68. The van der Waals surface area contributed by atoms with Crippen molar-refractivity contribution in [2.45, 2.75) is 20.8 Å². The highest BCUT2D eigenvalue weighted by Crippen LogP contribution is 2.24. The number of benzene rings is 1. The van der Waals surface area contributed by atoms with Gasteiger partial charge in [0.1, 0.15) is 5.82 Å². The summed E-state index contributed by atoms with van der Waals surface area (Å²) in [5, 5.41) is 0. The summed E-state index contributed by atoms with van der Waals surface area (Å²) < 4.78 is 37.1. The Morgan fingerprint density at radius 2 is 1.67 bits per heavy atom. The molecule has 1 aromatic rings. The first-order valence-corrected chi connectivity index (χ1v) is 7.19. The lowest BCUT2D eigenvalue weighted by Gasteiger charge is -2.10. The second-order valence-electron chi connectivity index (χ2n) is 4.57. The number of carbonyl (C=O) groups excluding carboxylic acids is 3. The van der Waals surface area contributed by atoms with E-state index in [0.29, 0.717) is 0 Å². The highest BCUT2D eigenvalue weighted by Gasteiger charge is 2.28. The van der Waals surface area contributed by atoms with E-state index in [4.69, 9.17) is 9.47 Å². The molecule has 0 N–H and O–H groups in total. The maximum Gasteiger partial charge on any atom is 0.325 e. The van der Waals surface area contributed by atoms with E-state index in [1.807, 2.05) is 0 Å². The topological polar surface area (TPSA) is 82.0 Å². The molecule has 0 saturated carbocycles. The van der Waals surface area contributed by atoms with E-state index in [0.717, 1.165) is 25.3 Å². The SMILES string of the molecule is CCOC(=O)C(C=Nc1ccc(F)c(C(C)=O)c1F)C(=O)OCC. The monoisotopic (exact) mass is 341 g/mol. The van der Waals surface area contributed by atoms with Gasteiger partial charge in [-0.25, -0.2) is 8.78 Å². The Hall–Kier alpha value is -2.64. The second-order valence-corrected chi connectivity index (χ2v) is 4.57. The van der Waals surface area contributed by atoms with Gasteiger partial charge in [-0.2, -0.15) is 0 Å². The molecule has 1 rings (SSSR count). The number of nitrogens with zero attached hydrogens (tertiary/aromatic N) is 1. The molecule has 0 aliphatic carbocycles. The summed E-state index contributed by atoms with van der Waals surface area (Å²) in [4.78, 5) is 38.5. The lowest BCUT2D eigenvalue weighted by molar-refractivity contribution is -0.157. The summed E-state index contributed by atoms with van der Waals surface area (Å²) in [6.45, 7) is 4.17. The molecular formula is C16H17F2NO5. The van der Waals surface area contributed by atoms with E-state index >= 15 is 0 Å². The average molecular weight is 341 g/mol. The summed E-state index contributed by atoms with van der Waals surface area (Å²) in [6.07, 6.45) is 0.843. The van der Waals surface area contributed by atoms with Gasteiger partial charge in [0.15, 0.2) is 17.5 Å². The van der Waals surface area contributed by atoms with Gasteiger partial charge in [-0.15, -0.1) is 0 Å². The molecule has 8 heteroatoms. The number of aliphatic imine (C=N–C) groups is 1. The largest absolute Gasteiger partial charge is 0.465 e. The van der Waals surface area contributed by atoms with Crippen LogP contribution in [0.5, 0.6) is 0 Å². The first-order valence-electron chi connectivity index (χ1n) is 7.19. The third-order valence-electron chi connectivity index (χ3n) is 2.87. The Morgan fingerprint density at radius 1 is 1.12 bits per heavy atom. The molecule has 0 aliphatic rings. The Labute approximate surface area is 137 Å². The molecule has 0 saturated heterocycles. The van der Waals surface area contributed by atoms with Gasteiger partial charge in [-0.05, 0) is 32.9 Å². The number of carbonyl (C=O) groups is 3. The molecule has 0 bridgehead atoms. The summed E-state index contributed by atoms with van der Waals surface area (Å²) in [7, 11) is 0. The Balaban J connectivity index is 3.18. The molecule has 0 radical (unpaired) electrons. The van der Waals surface area contributed by atoms with Gasteiger partial charge < -0.3 is 9.47 Å². The highest BCUT2D eigenvalue weighted by atomic mass is 19.1. The number of ketones is 1. The predicted molar refractivity (Wildman–Crippen MR) is 81.3 cm³/mol. The molecule has 130 valence electrons. The molecule has 0 atom stereocenters. The quantitative estimate of drug-likeness (QED) is 0.329. The zero-order valence-corrected chi connectivity index (χ0v) is 13.5. The van der Waals surface area contributed by atoms with Crippen LogP contribution in [0.4, 0.5) is 14.5 Å². The molecule has 0 unspecified atom stereocenters. The minimum absolute atomic E-state index is 0.0297. The molecule has 0 aliphatic heterocycles. The van der Waals surface area contributed by atoms with E-state index in [1.165, 1.54) is 0 Å². The Bertz CT molecular complexity index is 655. The number of ether oxygens (including phenoxy) is 2. The molecular weight excluding hydrogens is 324 g/mol. The molecule has 0 heterocycles. The first-order chi connectivity index (χ1) is 11.3. The number of esters is 2. The number of halogens is 2. The normalized spacial score (nSPS) is 10.9. The lowest BCUT2D eigenvalue weighted by Crippen LogP contribution is -2.29. The van der Waals surface area contributed by atoms with Crippen molar-refractivity contribution in [2.24, 2.45) is 10.9 Å². The number of hydrogen-bond acceptors (Lipinski definition) is 6. The third-order valence-corrected chi connectivity index (χ3v) is 2.87. The van der Waals surface area contributed by atoms with E-state index in [2.05, 4.69) is 4.99 Å². The van der Waals surface area contributed by atoms with Gasteiger partial charge in [0, 0.05) is 6.21 Å². The number of Topliss-reactive ketones (excluding diaryl/α,β-unsaturated/α-hetero) is 1. The van der Waals surface area contributed by atoms with Crippen molar-refractivity contribution >= 4 is 29.6 Å². The van der Waals surface area contributed by atoms with Gasteiger partial charge >= 0.3 is 11.9 Å². The molecule has 6 nitrogen and oxygen atoms in total. The maximum atomic E-state index is 14.1. The van der Waals surface area contributed by atoms with Gasteiger partial charge in [-0.1, -0.05) is 0 Å². The molecule has 0 spiro atoms. The van der Waals surface area contributed by atoms with Gasteiger partial charge in [0.25, 0.3) is 0 Å². The van der Waals surface area contributed by atoms with Crippen LogP contribution >= 0.6 is 0 Å². The van der Waals surface area contributed by atoms with Crippen molar-refractivity contribution < 1.29 is 32.6 Å². The smallest absolute Gasteiger partial charge is 0.325 e. The Kier molecular flexibility index (Phi) is 7.16. The van der Waals surface area contributed by atoms with Gasteiger partial charge in [0.2, 0.25) is 0 Å². The summed E-state index contributed by atoms with van der Waals surface area (Å²) in [6, 6.07) is 1.86. The fourth-order valence-electron chi connectivity index (χ4n) is 1.80. The van der Waals surface area contributed by atoms with Crippen molar-refractivity contribution in [1.82, 2.24) is 0 Å². The van der Waals surface area contributed by atoms with Crippen molar-refractivity contribution in [2.75, 3.05) is 13.2 Å². The van der Waals surface area contributed by atoms with Crippen molar-refractivity contribution in [3.8, 4) is 0 Å². The molecule has 0 amide bonds. The van der Waals surface area contributed by atoms with E-state index < -0.39 is 40.8 Å². The van der Waals surface area contributed by atoms with Crippen LogP contribution in [-0.2, 0) is 19.1 Å². The maximum absolute atomic E-state index is 14.1. The number of hydrogen-bond donors (Lipinski definition) is 0. The first kappa shape index (κ1) is 19.4. The summed E-state index contributed by atoms with van der Waals surface area (Å²) in [5.74, 6) is -6.32. The molecule has 0 aromatic heterocycles. The lowest BCUT2D eigenvalue weighted by atomic mass is 10.1. The van der Waals surface area contributed by atoms with Crippen LogP contribution in [0.25, 0.3) is 0 Å². The molecule has 1 aromatic carbocycles. The van der Waals surface area contributed by atoms with Crippen LogP contribution in [0.3, 0.4) is 0 Å². The van der Waals surface area contributed by atoms with Crippen LogP contribution in [0, 0.1) is 17.6 Å². The summed E-state index contributed by atoms with van der Waals surface area (Å²) in [5.41, 5.74) is -1.13. The Morgan fingerprint density at radius 3 is 2.12 bits per heavy atom. The standard InChI is InChI=1S/C16H17F2NO5/c1-4-23-15(21)10(16(22)24-5-2)8-19-12-7-6-11(17)13(9(3)20)14(12)18/h6-8,10H,4-5H2,1-3H3. The zero-order valence-electron chi connectivity index (χ0n) is 13.5. The van der Waals surface area contributed by atoms with Gasteiger partial charge in [0.05, 0.1) is 24.5 Å². The zero-order chi connectivity index (χ0) is 18.3. The minimum Gasteiger partial charge on any atom is -0.465 e. The fraction of sp³-hybridized carbons (Fsp3) is 0.375.